The van der Waals surface area contributed by atoms with E-state index in [4.69, 9.17) is 4.74 Å². The maximum atomic E-state index is 13.1. The first-order valence-electron chi connectivity index (χ1n) is 8.12. The van der Waals surface area contributed by atoms with Crippen LogP contribution in [0.4, 0.5) is 8.78 Å². The number of ether oxygens (including phenoxy) is 1. The van der Waals surface area contributed by atoms with Crippen LogP contribution >= 0.6 is 0 Å². The molecule has 0 bridgehead atoms. The third-order valence-electron chi connectivity index (χ3n) is 4.41. The molecule has 1 atom stereocenters. The molecule has 1 saturated carbocycles. The van der Waals surface area contributed by atoms with E-state index < -0.39 is 11.8 Å². The minimum atomic E-state index is -2.56. The van der Waals surface area contributed by atoms with E-state index in [0.717, 1.165) is 11.1 Å². The molecule has 0 radical (unpaired) electrons. The highest BCUT2D eigenvalue weighted by Crippen LogP contribution is 2.55. The molecular weight excluding hydrogens is 340 g/mol. The van der Waals surface area contributed by atoms with E-state index in [9.17, 15) is 13.6 Å². The number of nitrogens with zero attached hydrogens (tertiary/aromatic N) is 2. The number of nitrogens with one attached hydrogen (secondary N) is 1. The van der Waals surface area contributed by atoms with Crippen LogP contribution in [0.25, 0.3) is 11.1 Å². The molecule has 1 heterocycles. The van der Waals surface area contributed by atoms with Crippen LogP contribution < -0.4 is 4.74 Å². The monoisotopic (exact) mass is 355 g/mol. The Kier molecular flexibility index (Phi) is 3.79. The maximum absolute atomic E-state index is 13.1. The number of aromatic amines is 1. The van der Waals surface area contributed by atoms with Crippen molar-refractivity contribution in [2.24, 2.45) is 0 Å². The molecule has 1 aromatic heterocycles. The van der Waals surface area contributed by atoms with Gasteiger partial charge in [-0.1, -0.05) is 46.7 Å². The SMILES string of the molecule is CC(=O)c1[nH]nnc1Oc1ccc(-c2ccc(C3CC3(F)F)cc2)cc1. The Hall–Kier alpha value is -3.09. The fourth-order valence-corrected chi connectivity index (χ4v) is 2.83. The fourth-order valence-electron chi connectivity index (χ4n) is 2.83. The van der Waals surface area contributed by atoms with Crippen molar-refractivity contribution in [1.29, 1.82) is 0 Å². The number of ketones is 1. The average molecular weight is 355 g/mol. The number of alkyl halides is 2. The molecule has 5 nitrogen and oxygen atoms in total. The Labute approximate surface area is 148 Å². The summed E-state index contributed by atoms with van der Waals surface area (Å²) >= 11 is 0. The van der Waals surface area contributed by atoms with E-state index in [1.54, 1.807) is 24.3 Å². The van der Waals surface area contributed by atoms with Gasteiger partial charge in [0.2, 0.25) is 0 Å². The van der Waals surface area contributed by atoms with Crippen LogP contribution in [0.2, 0.25) is 0 Å². The Balaban J connectivity index is 1.49. The highest BCUT2D eigenvalue weighted by atomic mass is 19.3. The third-order valence-corrected chi connectivity index (χ3v) is 4.41. The lowest BCUT2D eigenvalue weighted by molar-refractivity contribution is 0.101. The van der Waals surface area contributed by atoms with Gasteiger partial charge in [-0.3, -0.25) is 9.89 Å². The van der Waals surface area contributed by atoms with E-state index in [-0.39, 0.29) is 23.8 Å². The fraction of sp³-hybridized carbons (Fsp3) is 0.211. The van der Waals surface area contributed by atoms with Crippen molar-refractivity contribution in [2.75, 3.05) is 0 Å². The number of carbonyl (C=O) groups is 1. The summed E-state index contributed by atoms with van der Waals surface area (Å²) in [6, 6.07) is 14.4. The number of hydrogen-bond donors (Lipinski definition) is 1. The molecule has 26 heavy (non-hydrogen) atoms. The summed E-state index contributed by atoms with van der Waals surface area (Å²) in [6.07, 6.45) is -0.0668. The van der Waals surface area contributed by atoms with Gasteiger partial charge >= 0.3 is 0 Å². The predicted octanol–water partition coefficient (Wildman–Crippen LogP) is 4.59. The van der Waals surface area contributed by atoms with Crippen LogP contribution in [-0.4, -0.2) is 27.1 Å². The topological polar surface area (TPSA) is 67.9 Å². The van der Waals surface area contributed by atoms with Crippen LogP contribution in [0.15, 0.2) is 48.5 Å². The first-order chi connectivity index (χ1) is 12.4. The quantitative estimate of drug-likeness (QED) is 0.680. The van der Waals surface area contributed by atoms with E-state index >= 15 is 0 Å². The molecule has 1 aliphatic rings. The summed E-state index contributed by atoms with van der Waals surface area (Å²) < 4.78 is 31.8. The van der Waals surface area contributed by atoms with Gasteiger partial charge in [-0.2, -0.15) is 0 Å². The molecule has 0 amide bonds. The van der Waals surface area contributed by atoms with Crippen molar-refractivity contribution in [3.63, 3.8) is 0 Å². The Morgan fingerprint density at radius 2 is 1.69 bits per heavy atom. The second-order valence-electron chi connectivity index (χ2n) is 6.31. The predicted molar refractivity (Wildman–Crippen MR) is 90.6 cm³/mol. The number of carbonyl (C=O) groups excluding carboxylic acids is 1. The van der Waals surface area contributed by atoms with Crippen LogP contribution in [0.1, 0.15) is 35.3 Å². The van der Waals surface area contributed by atoms with Crippen molar-refractivity contribution >= 4 is 5.78 Å². The lowest BCUT2D eigenvalue weighted by Gasteiger charge is -2.07. The van der Waals surface area contributed by atoms with E-state index in [1.807, 2.05) is 24.3 Å². The molecule has 1 fully saturated rings. The minimum Gasteiger partial charge on any atom is -0.436 e. The number of H-pyrrole nitrogens is 1. The van der Waals surface area contributed by atoms with Crippen LogP contribution in [0.5, 0.6) is 11.6 Å². The zero-order valence-electron chi connectivity index (χ0n) is 13.9. The molecular formula is C19H15F2N3O2. The van der Waals surface area contributed by atoms with Crippen molar-refractivity contribution in [2.45, 2.75) is 25.2 Å². The molecule has 0 aliphatic heterocycles. The summed E-state index contributed by atoms with van der Waals surface area (Å²) in [4.78, 5) is 11.4. The largest absolute Gasteiger partial charge is 0.436 e. The standard InChI is InChI=1S/C19H15F2N3O2/c1-11(25)17-18(23-24-22-17)26-15-8-6-13(7-9-15)12-2-4-14(5-3-12)16-10-19(16,20)21/h2-9,16H,10H2,1H3,(H,22,23,24). The average Bonchev–Trinajstić information content (AvgIpc) is 3.03. The highest BCUT2D eigenvalue weighted by Gasteiger charge is 2.57. The summed E-state index contributed by atoms with van der Waals surface area (Å²) in [7, 11) is 0. The molecule has 4 rings (SSSR count). The van der Waals surface area contributed by atoms with Gasteiger partial charge in [0, 0.05) is 13.3 Å². The van der Waals surface area contributed by atoms with Gasteiger partial charge in [0.15, 0.2) is 11.5 Å². The summed E-state index contributed by atoms with van der Waals surface area (Å²) in [5.41, 5.74) is 2.73. The van der Waals surface area contributed by atoms with Crippen molar-refractivity contribution in [3.05, 3.63) is 59.8 Å². The van der Waals surface area contributed by atoms with Gasteiger partial charge in [-0.15, -0.1) is 0 Å². The second kappa shape index (κ2) is 6.01. The number of aromatic nitrogens is 3. The molecule has 0 saturated heterocycles. The molecule has 0 spiro atoms. The molecule has 132 valence electrons. The first-order valence-corrected chi connectivity index (χ1v) is 8.12. The van der Waals surface area contributed by atoms with Crippen LogP contribution in [-0.2, 0) is 0 Å². The van der Waals surface area contributed by atoms with E-state index in [1.165, 1.54) is 6.92 Å². The highest BCUT2D eigenvalue weighted by molar-refractivity contribution is 5.94. The Bertz CT molecular complexity index is 950. The van der Waals surface area contributed by atoms with Crippen molar-refractivity contribution < 1.29 is 18.3 Å². The third kappa shape index (κ3) is 3.08. The summed E-state index contributed by atoms with van der Waals surface area (Å²) in [5, 5.41) is 9.81. The smallest absolute Gasteiger partial charge is 0.269 e. The molecule has 7 heteroatoms. The molecule has 2 aromatic carbocycles. The molecule has 3 aromatic rings. The van der Waals surface area contributed by atoms with Gasteiger partial charge < -0.3 is 4.74 Å². The van der Waals surface area contributed by atoms with Gasteiger partial charge in [0.05, 0.1) is 5.92 Å². The zero-order chi connectivity index (χ0) is 18.3. The number of Topliss-reactive ketones (excluding diaryl/α,β-unsaturated/α-hetero) is 1. The lowest BCUT2D eigenvalue weighted by atomic mass is 10.0. The Morgan fingerprint density at radius 1 is 1.12 bits per heavy atom. The van der Waals surface area contributed by atoms with Gasteiger partial charge in [-0.25, -0.2) is 8.78 Å². The first kappa shape index (κ1) is 16.4. The molecule has 1 aliphatic carbocycles. The van der Waals surface area contributed by atoms with Gasteiger partial charge in [0.1, 0.15) is 5.75 Å². The molecule has 1 N–H and O–H groups in total. The van der Waals surface area contributed by atoms with Crippen molar-refractivity contribution in [1.82, 2.24) is 15.4 Å². The van der Waals surface area contributed by atoms with Crippen LogP contribution in [0, 0.1) is 0 Å². The number of hydrogen-bond acceptors (Lipinski definition) is 4. The normalized spacial score (nSPS) is 17.7. The van der Waals surface area contributed by atoms with Gasteiger partial charge in [0.25, 0.3) is 11.8 Å². The summed E-state index contributed by atoms with van der Waals surface area (Å²) in [6.45, 7) is 1.40. The lowest BCUT2D eigenvalue weighted by Crippen LogP contribution is -1.96. The van der Waals surface area contributed by atoms with Gasteiger partial charge in [-0.05, 0) is 28.8 Å². The zero-order valence-corrected chi connectivity index (χ0v) is 13.9. The van der Waals surface area contributed by atoms with E-state index in [2.05, 4.69) is 15.4 Å². The Morgan fingerprint density at radius 3 is 2.23 bits per heavy atom. The van der Waals surface area contributed by atoms with E-state index in [0.29, 0.717) is 11.3 Å². The minimum absolute atomic E-state index is 0.0668. The second-order valence-corrected chi connectivity index (χ2v) is 6.31. The maximum Gasteiger partial charge on any atom is 0.269 e. The number of benzene rings is 2. The van der Waals surface area contributed by atoms with Crippen molar-refractivity contribution in [3.8, 4) is 22.8 Å². The number of rotatable bonds is 5. The molecule has 1 unspecified atom stereocenters. The number of halogens is 2. The summed E-state index contributed by atoms with van der Waals surface area (Å²) in [5.74, 6) is -2.78. The van der Waals surface area contributed by atoms with Crippen LogP contribution in [0.3, 0.4) is 0 Å².